The van der Waals surface area contributed by atoms with E-state index >= 15 is 0 Å². The van der Waals surface area contributed by atoms with Gasteiger partial charge in [-0.3, -0.25) is 0 Å². The van der Waals surface area contributed by atoms with Gasteiger partial charge in [-0.1, -0.05) is 18.6 Å². The SMILES string of the molecule is Fc1cccc(CC(Cl)CC2CC3CCC2C3)c1. The lowest BCUT2D eigenvalue weighted by atomic mass is 9.84. The molecule has 4 unspecified atom stereocenters. The minimum atomic E-state index is -0.156. The van der Waals surface area contributed by atoms with Crippen molar-refractivity contribution in [2.24, 2.45) is 17.8 Å². The summed E-state index contributed by atoms with van der Waals surface area (Å²) in [5.74, 6) is 2.60. The lowest BCUT2D eigenvalue weighted by Gasteiger charge is -2.23. The van der Waals surface area contributed by atoms with Gasteiger partial charge in [-0.05, 0) is 67.6 Å². The van der Waals surface area contributed by atoms with Gasteiger partial charge in [-0.25, -0.2) is 4.39 Å². The summed E-state index contributed by atoms with van der Waals surface area (Å²) in [6.07, 6.45) is 7.59. The Morgan fingerprint density at radius 1 is 1.28 bits per heavy atom. The summed E-state index contributed by atoms with van der Waals surface area (Å²) in [5.41, 5.74) is 1.03. The number of alkyl halides is 1. The number of halogens is 2. The maximum Gasteiger partial charge on any atom is 0.123 e. The molecule has 4 atom stereocenters. The van der Waals surface area contributed by atoms with Crippen molar-refractivity contribution in [3.63, 3.8) is 0 Å². The normalized spacial score (nSPS) is 31.8. The van der Waals surface area contributed by atoms with E-state index in [-0.39, 0.29) is 11.2 Å². The molecule has 0 amide bonds. The summed E-state index contributed by atoms with van der Waals surface area (Å²) < 4.78 is 13.1. The van der Waals surface area contributed by atoms with Gasteiger partial charge in [0.1, 0.15) is 5.82 Å². The monoisotopic (exact) mass is 266 g/mol. The zero-order chi connectivity index (χ0) is 12.5. The molecule has 1 aromatic carbocycles. The molecule has 2 bridgehead atoms. The molecule has 0 spiro atoms. The highest BCUT2D eigenvalue weighted by Gasteiger charge is 2.39. The van der Waals surface area contributed by atoms with Gasteiger partial charge in [0, 0.05) is 5.38 Å². The van der Waals surface area contributed by atoms with Gasteiger partial charge in [0.25, 0.3) is 0 Å². The molecular formula is C16H20ClF. The van der Waals surface area contributed by atoms with Crippen molar-refractivity contribution in [3.05, 3.63) is 35.6 Å². The molecule has 0 nitrogen and oxygen atoms in total. The van der Waals surface area contributed by atoms with Crippen LogP contribution in [0.2, 0.25) is 0 Å². The molecule has 0 saturated heterocycles. The molecule has 2 saturated carbocycles. The number of benzene rings is 1. The maximum absolute atomic E-state index is 13.1. The Morgan fingerprint density at radius 3 is 2.83 bits per heavy atom. The van der Waals surface area contributed by atoms with Crippen LogP contribution in [-0.2, 0) is 6.42 Å². The fourth-order valence-electron chi connectivity index (χ4n) is 4.00. The zero-order valence-electron chi connectivity index (χ0n) is 10.6. The molecule has 2 heteroatoms. The van der Waals surface area contributed by atoms with Crippen molar-refractivity contribution < 1.29 is 4.39 Å². The fourth-order valence-corrected chi connectivity index (χ4v) is 4.40. The van der Waals surface area contributed by atoms with Crippen LogP contribution in [0.15, 0.2) is 24.3 Å². The van der Waals surface area contributed by atoms with Crippen molar-refractivity contribution >= 4 is 11.6 Å². The highest BCUT2D eigenvalue weighted by Crippen LogP contribution is 2.50. The molecule has 2 fully saturated rings. The van der Waals surface area contributed by atoms with Crippen LogP contribution in [-0.4, -0.2) is 5.38 Å². The molecular weight excluding hydrogens is 247 g/mol. The van der Waals surface area contributed by atoms with Gasteiger partial charge in [0.2, 0.25) is 0 Å². The van der Waals surface area contributed by atoms with Gasteiger partial charge in [0.05, 0.1) is 0 Å². The average Bonchev–Trinajstić information content (AvgIpc) is 2.90. The van der Waals surface area contributed by atoms with Crippen molar-refractivity contribution in [3.8, 4) is 0 Å². The van der Waals surface area contributed by atoms with Crippen LogP contribution in [0, 0.1) is 23.6 Å². The Kier molecular flexibility index (Phi) is 3.61. The fraction of sp³-hybridized carbons (Fsp3) is 0.625. The molecule has 0 aromatic heterocycles. The third-order valence-corrected chi connectivity index (χ3v) is 5.12. The first-order chi connectivity index (χ1) is 8.70. The average molecular weight is 267 g/mol. The Labute approximate surface area is 114 Å². The first kappa shape index (κ1) is 12.5. The molecule has 2 aliphatic carbocycles. The third kappa shape index (κ3) is 2.71. The van der Waals surface area contributed by atoms with E-state index in [4.69, 9.17) is 11.6 Å². The van der Waals surface area contributed by atoms with E-state index < -0.39 is 0 Å². The molecule has 1 aromatic rings. The van der Waals surface area contributed by atoms with E-state index in [0.29, 0.717) is 0 Å². The van der Waals surface area contributed by atoms with Gasteiger partial charge in [0.15, 0.2) is 0 Å². The standard InChI is InChI=1S/C16H20ClF/c17-15(8-11-2-1-3-16(18)9-11)10-14-7-12-4-5-13(14)6-12/h1-3,9,12-15H,4-8,10H2. The summed E-state index contributed by atoms with van der Waals surface area (Å²) >= 11 is 6.46. The van der Waals surface area contributed by atoms with Crippen LogP contribution >= 0.6 is 11.6 Å². The minimum Gasteiger partial charge on any atom is -0.207 e. The number of rotatable bonds is 4. The lowest BCUT2D eigenvalue weighted by Crippen LogP contribution is -2.16. The van der Waals surface area contributed by atoms with Gasteiger partial charge >= 0.3 is 0 Å². The quantitative estimate of drug-likeness (QED) is 0.687. The number of hydrogen-bond acceptors (Lipinski definition) is 0. The summed E-state index contributed by atoms with van der Waals surface area (Å²) in [5, 5.41) is 0.163. The van der Waals surface area contributed by atoms with E-state index in [1.54, 1.807) is 12.1 Å². The highest BCUT2D eigenvalue weighted by molar-refractivity contribution is 6.20. The molecule has 0 radical (unpaired) electrons. The lowest BCUT2D eigenvalue weighted by molar-refractivity contribution is 0.310. The molecule has 0 N–H and O–H groups in total. The largest absolute Gasteiger partial charge is 0.207 e. The Hall–Kier alpha value is -0.560. The van der Waals surface area contributed by atoms with E-state index in [1.807, 2.05) is 6.07 Å². The van der Waals surface area contributed by atoms with Crippen molar-refractivity contribution in [2.45, 2.75) is 43.9 Å². The second kappa shape index (κ2) is 5.21. The van der Waals surface area contributed by atoms with Crippen LogP contribution in [0.3, 0.4) is 0 Å². The van der Waals surface area contributed by atoms with Gasteiger partial charge < -0.3 is 0 Å². The topological polar surface area (TPSA) is 0 Å². The van der Waals surface area contributed by atoms with Crippen LogP contribution in [0.1, 0.15) is 37.7 Å². The second-order valence-corrected chi connectivity index (χ2v) is 6.72. The third-order valence-electron chi connectivity index (χ3n) is 4.79. The van der Waals surface area contributed by atoms with Crippen LogP contribution < -0.4 is 0 Å². The number of hydrogen-bond donors (Lipinski definition) is 0. The van der Waals surface area contributed by atoms with Crippen molar-refractivity contribution in [1.82, 2.24) is 0 Å². The zero-order valence-corrected chi connectivity index (χ0v) is 11.4. The molecule has 98 valence electrons. The summed E-state index contributed by atoms with van der Waals surface area (Å²) in [7, 11) is 0. The van der Waals surface area contributed by atoms with E-state index in [2.05, 4.69) is 0 Å². The highest BCUT2D eigenvalue weighted by atomic mass is 35.5. The van der Waals surface area contributed by atoms with Crippen LogP contribution in [0.5, 0.6) is 0 Å². The van der Waals surface area contributed by atoms with Crippen LogP contribution in [0.4, 0.5) is 4.39 Å². The predicted octanol–water partition coefficient (Wildman–Crippen LogP) is 4.80. The van der Waals surface area contributed by atoms with Crippen molar-refractivity contribution in [1.29, 1.82) is 0 Å². The Bertz CT molecular complexity index is 417. The van der Waals surface area contributed by atoms with Gasteiger partial charge in [-0.15, -0.1) is 11.6 Å². The van der Waals surface area contributed by atoms with E-state index in [1.165, 1.54) is 31.7 Å². The molecule has 18 heavy (non-hydrogen) atoms. The van der Waals surface area contributed by atoms with Gasteiger partial charge in [-0.2, -0.15) is 0 Å². The minimum absolute atomic E-state index is 0.156. The van der Waals surface area contributed by atoms with E-state index in [9.17, 15) is 4.39 Å². The molecule has 0 aliphatic heterocycles. The molecule has 0 heterocycles. The summed E-state index contributed by atoms with van der Waals surface area (Å²) in [6, 6.07) is 6.84. The summed E-state index contributed by atoms with van der Waals surface area (Å²) in [4.78, 5) is 0. The molecule has 2 aliphatic rings. The Morgan fingerprint density at radius 2 is 2.17 bits per heavy atom. The second-order valence-electron chi connectivity index (χ2n) is 6.10. The van der Waals surface area contributed by atoms with E-state index in [0.717, 1.165) is 36.2 Å². The maximum atomic E-state index is 13.1. The smallest absolute Gasteiger partial charge is 0.123 e. The Balaban J connectivity index is 1.54. The van der Waals surface area contributed by atoms with Crippen molar-refractivity contribution in [2.75, 3.05) is 0 Å². The first-order valence-electron chi connectivity index (χ1n) is 7.09. The number of fused-ring (bicyclic) bond motifs is 2. The predicted molar refractivity (Wildman–Crippen MR) is 73.3 cm³/mol. The van der Waals surface area contributed by atoms with Crippen LogP contribution in [0.25, 0.3) is 0 Å². The molecule has 3 rings (SSSR count). The summed E-state index contributed by atoms with van der Waals surface area (Å²) in [6.45, 7) is 0. The first-order valence-corrected chi connectivity index (χ1v) is 7.53.